The van der Waals surface area contributed by atoms with Crippen molar-refractivity contribution in [3.63, 3.8) is 0 Å². The Hall–Kier alpha value is -2.66. The molecule has 0 aromatic heterocycles. The summed E-state index contributed by atoms with van der Waals surface area (Å²) >= 11 is 6.02. The maximum atomic E-state index is 13.8. The van der Waals surface area contributed by atoms with Crippen LogP contribution in [0.15, 0.2) is 48.5 Å². The third-order valence-electron chi connectivity index (χ3n) is 5.17. The molecule has 1 unspecified atom stereocenters. The van der Waals surface area contributed by atoms with Gasteiger partial charge in [-0.15, -0.1) is 0 Å². The summed E-state index contributed by atoms with van der Waals surface area (Å²) in [6, 6.07) is 14.5. The molecule has 0 aliphatic carbocycles. The first kappa shape index (κ1) is 22.0. The number of benzene rings is 2. The van der Waals surface area contributed by atoms with E-state index in [-0.39, 0.29) is 18.1 Å². The molecule has 0 fully saturated rings. The first-order valence-corrected chi connectivity index (χ1v) is 10.3. The van der Waals surface area contributed by atoms with E-state index in [1.807, 2.05) is 24.3 Å². The fourth-order valence-electron chi connectivity index (χ4n) is 3.84. The number of hydrogen-bond donors (Lipinski definition) is 0. The monoisotopic (exact) mass is 427 g/mol. The second kappa shape index (κ2) is 8.23. The van der Waals surface area contributed by atoms with Crippen molar-refractivity contribution < 1.29 is 19.1 Å². The van der Waals surface area contributed by atoms with Crippen LogP contribution in [0.4, 0.5) is 10.5 Å². The first-order chi connectivity index (χ1) is 14.0. The molecule has 2 amide bonds. The van der Waals surface area contributed by atoms with Crippen LogP contribution in [0, 0.1) is 0 Å². The van der Waals surface area contributed by atoms with E-state index in [0.717, 1.165) is 16.0 Å². The second-order valence-corrected chi connectivity index (χ2v) is 9.16. The van der Waals surface area contributed by atoms with E-state index in [1.165, 1.54) is 6.92 Å². The molecular formula is C24H26ClNO4. The van der Waals surface area contributed by atoms with E-state index in [9.17, 15) is 14.4 Å². The Morgan fingerprint density at radius 3 is 2.30 bits per heavy atom. The minimum absolute atomic E-state index is 0.00789. The predicted molar refractivity (Wildman–Crippen MR) is 117 cm³/mol. The fourth-order valence-corrected chi connectivity index (χ4v) is 3.97. The Bertz CT molecular complexity index is 977. The Morgan fingerprint density at radius 2 is 1.70 bits per heavy atom. The first-order valence-electron chi connectivity index (χ1n) is 9.94. The molecule has 0 N–H and O–H groups in total. The highest BCUT2D eigenvalue weighted by atomic mass is 35.5. The van der Waals surface area contributed by atoms with E-state index in [0.29, 0.717) is 23.6 Å². The van der Waals surface area contributed by atoms with Crippen LogP contribution in [0.1, 0.15) is 51.7 Å². The van der Waals surface area contributed by atoms with Gasteiger partial charge in [0.1, 0.15) is 11.4 Å². The van der Waals surface area contributed by atoms with E-state index in [2.05, 4.69) is 0 Å². The molecule has 0 spiro atoms. The zero-order valence-corrected chi connectivity index (χ0v) is 18.5. The number of nitrogens with zero attached hydrogens (tertiary/aromatic N) is 1. The van der Waals surface area contributed by atoms with Crippen molar-refractivity contribution in [1.82, 2.24) is 0 Å². The molecule has 1 aliphatic rings. The minimum Gasteiger partial charge on any atom is -0.443 e. The van der Waals surface area contributed by atoms with E-state index in [4.69, 9.17) is 16.3 Å². The number of carbonyl (C=O) groups is 3. The van der Waals surface area contributed by atoms with Gasteiger partial charge in [-0.2, -0.15) is 0 Å². The Labute approximate surface area is 182 Å². The molecule has 1 atom stereocenters. The van der Waals surface area contributed by atoms with Gasteiger partial charge >= 0.3 is 6.09 Å². The summed E-state index contributed by atoms with van der Waals surface area (Å²) in [6.45, 7) is 6.78. The predicted octanol–water partition coefficient (Wildman–Crippen LogP) is 5.47. The minimum atomic E-state index is -1.03. The molecule has 2 aromatic carbocycles. The highest BCUT2D eigenvalue weighted by Gasteiger charge is 2.53. The molecule has 0 bridgehead atoms. The molecule has 5 nitrogen and oxygen atoms in total. The molecule has 2 aromatic rings. The summed E-state index contributed by atoms with van der Waals surface area (Å²) in [5, 5.41) is 0.602. The van der Waals surface area contributed by atoms with Crippen molar-refractivity contribution in [3.8, 4) is 0 Å². The summed E-state index contributed by atoms with van der Waals surface area (Å²) in [6.07, 6.45) is 0.184. The van der Waals surface area contributed by atoms with Crippen LogP contribution in [-0.2, 0) is 26.2 Å². The number of anilines is 1. The van der Waals surface area contributed by atoms with Gasteiger partial charge in [-0.3, -0.25) is 4.79 Å². The standard InChI is InChI=1S/C24H26ClNO4/c1-16(27)13-14-24(15-17-9-11-18(25)12-10-17)19-7-5-6-8-20(19)26(21(24)28)22(29)30-23(2,3)4/h5-12H,13-15H2,1-4H3. The van der Waals surface area contributed by atoms with Gasteiger partial charge in [0.15, 0.2) is 0 Å². The van der Waals surface area contributed by atoms with Gasteiger partial charge in [0, 0.05) is 11.4 Å². The smallest absolute Gasteiger partial charge is 0.421 e. The van der Waals surface area contributed by atoms with Gasteiger partial charge in [0.05, 0.1) is 11.1 Å². The number of Topliss-reactive ketones (excluding diaryl/α,β-unsaturated/α-hetero) is 1. The highest BCUT2D eigenvalue weighted by Crippen LogP contribution is 2.47. The number of para-hydroxylation sites is 1. The summed E-state index contributed by atoms with van der Waals surface area (Å²) in [5.41, 5.74) is 0.364. The lowest BCUT2D eigenvalue weighted by Crippen LogP contribution is -2.46. The lowest BCUT2D eigenvalue weighted by molar-refractivity contribution is -0.123. The summed E-state index contributed by atoms with van der Waals surface area (Å²) in [7, 11) is 0. The maximum Gasteiger partial charge on any atom is 0.421 e. The molecule has 6 heteroatoms. The average Bonchev–Trinajstić information content (AvgIpc) is 2.89. The van der Waals surface area contributed by atoms with E-state index >= 15 is 0 Å². The van der Waals surface area contributed by atoms with Crippen molar-refractivity contribution in [2.24, 2.45) is 0 Å². The quantitative estimate of drug-likeness (QED) is 0.634. The van der Waals surface area contributed by atoms with Gasteiger partial charge in [-0.1, -0.05) is 41.9 Å². The molecule has 0 saturated heterocycles. The Balaban J connectivity index is 2.10. The highest BCUT2D eigenvalue weighted by molar-refractivity contribution is 6.30. The number of ether oxygens (including phenoxy) is 1. The van der Waals surface area contributed by atoms with E-state index < -0.39 is 17.1 Å². The topological polar surface area (TPSA) is 63.7 Å². The third kappa shape index (κ3) is 4.41. The number of imide groups is 1. The molecule has 30 heavy (non-hydrogen) atoms. The number of ketones is 1. The summed E-state index contributed by atoms with van der Waals surface area (Å²) in [4.78, 5) is 39.7. The third-order valence-corrected chi connectivity index (χ3v) is 5.42. The zero-order valence-electron chi connectivity index (χ0n) is 17.7. The van der Waals surface area contributed by atoms with Crippen LogP contribution in [-0.4, -0.2) is 23.4 Å². The number of rotatable bonds is 5. The van der Waals surface area contributed by atoms with Crippen LogP contribution in [0.5, 0.6) is 0 Å². The van der Waals surface area contributed by atoms with Gasteiger partial charge in [-0.05, 0) is 69.9 Å². The van der Waals surface area contributed by atoms with Crippen LogP contribution < -0.4 is 4.90 Å². The van der Waals surface area contributed by atoms with Crippen molar-refractivity contribution >= 4 is 35.1 Å². The Kier molecular flexibility index (Phi) is 6.04. The number of fused-ring (bicyclic) bond motifs is 1. The molecule has 0 radical (unpaired) electrons. The van der Waals surface area contributed by atoms with Crippen LogP contribution in [0.2, 0.25) is 5.02 Å². The molecule has 1 heterocycles. The van der Waals surface area contributed by atoms with Gasteiger partial charge in [-0.25, -0.2) is 9.69 Å². The maximum absolute atomic E-state index is 13.8. The fraction of sp³-hybridized carbons (Fsp3) is 0.375. The van der Waals surface area contributed by atoms with Gasteiger partial charge in [0.2, 0.25) is 5.91 Å². The Morgan fingerprint density at radius 1 is 1.07 bits per heavy atom. The van der Waals surface area contributed by atoms with Crippen molar-refractivity contribution in [2.75, 3.05) is 4.90 Å². The van der Waals surface area contributed by atoms with Crippen LogP contribution >= 0.6 is 11.6 Å². The lowest BCUT2D eigenvalue weighted by atomic mass is 9.73. The molecule has 0 saturated carbocycles. The number of carbonyl (C=O) groups excluding carboxylic acids is 3. The normalized spacial score (nSPS) is 18.3. The van der Waals surface area contributed by atoms with Crippen molar-refractivity contribution in [2.45, 2.75) is 58.0 Å². The number of amides is 2. The van der Waals surface area contributed by atoms with E-state index in [1.54, 1.807) is 45.0 Å². The molecule has 1 aliphatic heterocycles. The number of halogens is 1. The van der Waals surface area contributed by atoms with Crippen LogP contribution in [0.25, 0.3) is 0 Å². The van der Waals surface area contributed by atoms with Crippen molar-refractivity contribution in [3.05, 3.63) is 64.7 Å². The molecular weight excluding hydrogens is 402 g/mol. The van der Waals surface area contributed by atoms with Crippen LogP contribution in [0.3, 0.4) is 0 Å². The van der Waals surface area contributed by atoms with Gasteiger partial charge < -0.3 is 9.53 Å². The zero-order chi connectivity index (χ0) is 22.1. The lowest BCUT2D eigenvalue weighted by Gasteiger charge is -2.29. The van der Waals surface area contributed by atoms with Gasteiger partial charge in [0.25, 0.3) is 0 Å². The average molecular weight is 428 g/mol. The summed E-state index contributed by atoms with van der Waals surface area (Å²) < 4.78 is 5.52. The number of hydrogen-bond acceptors (Lipinski definition) is 4. The second-order valence-electron chi connectivity index (χ2n) is 8.73. The summed E-state index contributed by atoms with van der Waals surface area (Å²) in [5.74, 6) is -0.374. The SMILES string of the molecule is CC(=O)CCC1(Cc2ccc(Cl)cc2)C(=O)N(C(=O)OC(C)(C)C)c2ccccc21. The largest absolute Gasteiger partial charge is 0.443 e. The molecule has 3 rings (SSSR count). The van der Waals surface area contributed by atoms with Crippen molar-refractivity contribution in [1.29, 1.82) is 0 Å². The molecule has 158 valence electrons.